The summed E-state index contributed by atoms with van der Waals surface area (Å²) in [7, 11) is 0. The number of thioether (sulfide) groups is 1. The van der Waals surface area contributed by atoms with Crippen LogP contribution in [0, 0.1) is 5.82 Å². The second-order valence-corrected chi connectivity index (χ2v) is 8.67. The maximum absolute atomic E-state index is 13.0. The first kappa shape index (κ1) is 20.1. The Morgan fingerprint density at radius 1 is 1.03 bits per heavy atom. The first-order valence-corrected chi connectivity index (χ1v) is 11.0. The number of aliphatic imine (C=N–C) groups is 2. The Kier molecular flexibility index (Phi) is 6.01. The van der Waals surface area contributed by atoms with Gasteiger partial charge in [-0.1, -0.05) is 41.9 Å². The Morgan fingerprint density at radius 3 is 2.41 bits per heavy atom. The number of halogens is 2. The molecule has 2 aromatic rings. The van der Waals surface area contributed by atoms with E-state index in [1.54, 1.807) is 12.1 Å². The normalized spacial score (nSPS) is 17.7. The number of benzene rings is 2. The van der Waals surface area contributed by atoms with E-state index in [1.165, 1.54) is 30.3 Å². The van der Waals surface area contributed by atoms with E-state index in [9.17, 15) is 9.18 Å². The molecule has 7 heteroatoms. The second-order valence-electron chi connectivity index (χ2n) is 7.27. The number of hydrogen-bond donors (Lipinski definition) is 1. The molecule has 0 bridgehead atoms. The number of anilines is 1. The molecule has 1 aliphatic carbocycles. The van der Waals surface area contributed by atoms with Gasteiger partial charge < -0.3 is 5.32 Å². The molecule has 29 heavy (non-hydrogen) atoms. The number of nitrogens with zero attached hydrogens (tertiary/aromatic N) is 2. The molecular weight excluding hydrogens is 409 g/mol. The molecule has 1 aliphatic heterocycles. The fourth-order valence-electron chi connectivity index (χ4n) is 3.63. The van der Waals surface area contributed by atoms with Crippen LogP contribution in [0.3, 0.4) is 0 Å². The van der Waals surface area contributed by atoms with Crippen molar-refractivity contribution in [2.45, 2.75) is 37.8 Å². The first-order chi connectivity index (χ1) is 14.0. The summed E-state index contributed by atoms with van der Waals surface area (Å²) in [5.74, 6) is -0.289. The van der Waals surface area contributed by atoms with Crippen molar-refractivity contribution in [1.29, 1.82) is 0 Å². The molecule has 2 aromatic carbocycles. The Morgan fingerprint density at radius 2 is 1.72 bits per heavy atom. The Bertz CT molecular complexity index is 951. The van der Waals surface area contributed by atoms with Crippen molar-refractivity contribution in [2.24, 2.45) is 9.98 Å². The molecule has 0 unspecified atom stereocenters. The summed E-state index contributed by atoms with van der Waals surface area (Å²) in [6, 6.07) is 13.3. The van der Waals surface area contributed by atoms with Crippen LogP contribution in [-0.2, 0) is 4.79 Å². The summed E-state index contributed by atoms with van der Waals surface area (Å²) in [6.07, 6.45) is 5.32. The topological polar surface area (TPSA) is 53.8 Å². The lowest BCUT2D eigenvalue weighted by atomic mass is 9.90. The summed E-state index contributed by atoms with van der Waals surface area (Å²) in [4.78, 5) is 22.3. The number of nitrogens with one attached hydrogen (secondary N) is 1. The fraction of sp³-hybridized carbons (Fsp3) is 0.318. The van der Waals surface area contributed by atoms with Crippen LogP contribution in [-0.4, -0.2) is 28.1 Å². The van der Waals surface area contributed by atoms with Gasteiger partial charge >= 0.3 is 0 Å². The number of hydrogen-bond acceptors (Lipinski definition) is 4. The molecule has 0 atom stereocenters. The maximum Gasteiger partial charge on any atom is 0.234 e. The molecule has 1 amide bonds. The summed E-state index contributed by atoms with van der Waals surface area (Å²) in [6.45, 7) is 0. The summed E-state index contributed by atoms with van der Waals surface area (Å²) in [5, 5.41) is 4.25. The van der Waals surface area contributed by atoms with Gasteiger partial charge in [0.1, 0.15) is 10.9 Å². The average molecular weight is 430 g/mol. The highest BCUT2D eigenvalue weighted by molar-refractivity contribution is 8.16. The third-order valence-corrected chi connectivity index (χ3v) is 6.29. The van der Waals surface area contributed by atoms with E-state index >= 15 is 0 Å². The smallest absolute Gasteiger partial charge is 0.234 e. The lowest BCUT2D eigenvalue weighted by molar-refractivity contribution is -0.113. The van der Waals surface area contributed by atoms with Crippen LogP contribution in [0.5, 0.6) is 0 Å². The highest BCUT2D eigenvalue weighted by atomic mass is 35.5. The fourth-order valence-corrected chi connectivity index (χ4v) is 4.63. The summed E-state index contributed by atoms with van der Waals surface area (Å²) < 4.78 is 13.0. The lowest BCUT2D eigenvalue weighted by Crippen LogP contribution is -2.25. The van der Waals surface area contributed by atoms with E-state index in [0.29, 0.717) is 10.7 Å². The van der Waals surface area contributed by atoms with Gasteiger partial charge in [0, 0.05) is 16.3 Å². The predicted octanol–water partition coefficient (Wildman–Crippen LogP) is 5.71. The number of carbonyl (C=O) groups is 1. The largest absolute Gasteiger partial charge is 0.325 e. The Balaban J connectivity index is 1.49. The van der Waals surface area contributed by atoms with E-state index < -0.39 is 0 Å². The van der Waals surface area contributed by atoms with Crippen LogP contribution in [0.1, 0.15) is 37.7 Å². The van der Waals surface area contributed by atoms with E-state index in [1.807, 2.05) is 24.3 Å². The van der Waals surface area contributed by atoms with Crippen molar-refractivity contribution in [2.75, 3.05) is 11.1 Å². The quantitative estimate of drug-likeness (QED) is 0.676. The van der Waals surface area contributed by atoms with Gasteiger partial charge in [0.05, 0.1) is 11.5 Å². The van der Waals surface area contributed by atoms with Gasteiger partial charge in [-0.3, -0.25) is 9.79 Å². The first-order valence-electron chi connectivity index (χ1n) is 9.67. The zero-order valence-corrected chi connectivity index (χ0v) is 17.4. The van der Waals surface area contributed by atoms with Gasteiger partial charge in [-0.15, -0.1) is 0 Å². The monoisotopic (exact) mass is 429 g/mol. The van der Waals surface area contributed by atoms with Crippen molar-refractivity contribution < 1.29 is 9.18 Å². The third kappa shape index (κ3) is 4.87. The SMILES string of the molecule is O=C(CSC1=NC2(CCCCC2)N=C1c1ccc(Cl)cc1)Nc1ccc(F)cc1. The van der Waals surface area contributed by atoms with Crippen molar-refractivity contribution in [3.8, 4) is 0 Å². The molecule has 1 fully saturated rings. The molecule has 0 radical (unpaired) electrons. The minimum atomic E-state index is -0.386. The Labute approximate surface area is 178 Å². The molecule has 4 rings (SSSR count). The maximum atomic E-state index is 13.0. The van der Waals surface area contributed by atoms with Gasteiger partial charge in [0.25, 0.3) is 0 Å². The summed E-state index contributed by atoms with van der Waals surface area (Å²) in [5.41, 5.74) is 1.98. The molecule has 1 saturated carbocycles. The molecule has 1 N–H and O–H groups in total. The molecule has 1 heterocycles. The molecule has 4 nitrogen and oxygen atoms in total. The molecular formula is C22H21ClFN3OS. The van der Waals surface area contributed by atoms with E-state index in [0.717, 1.165) is 42.0 Å². The zero-order chi connectivity index (χ0) is 20.3. The van der Waals surface area contributed by atoms with Crippen LogP contribution in [0.2, 0.25) is 5.02 Å². The van der Waals surface area contributed by atoms with Crippen LogP contribution in [0.25, 0.3) is 0 Å². The number of rotatable bonds is 4. The van der Waals surface area contributed by atoms with E-state index in [-0.39, 0.29) is 23.1 Å². The van der Waals surface area contributed by atoms with E-state index in [4.69, 9.17) is 21.6 Å². The van der Waals surface area contributed by atoms with E-state index in [2.05, 4.69) is 5.32 Å². The van der Waals surface area contributed by atoms with Gasteiger partial charge in [0.15, 0.2) is 5.66 Å². The average Bonchev–Trinajstić information content (AvgIpc) is 3.07. The van der Waals surface area contributed by atoms with Gasteiger partial charge in [0.2, 0.25) is 5.91 Å². The van der Waals surface area contributed by atoms with Crippen molar-refractivity contribution in [3.63, 3.8) is 0 Å². The molecule has 2 aliphatic rings. The minimum absolute atomic E-state index is 0.163. The third-order valence-electron chi connectivity index (χ3n) is 5.07. The second kappa shape index (κ2) is 8.67. The minimum Gasteiger partial charge on any atom is -0.325 e. The van der Waals surface area contributed by atoms with Gasteiger partial charge in [-0.05, 0) is 62.1 Å². The number of amides is 1. The molecule has 1 spiro atoms. The molecule has 0 saturated heterocycles. The van der Waals surface area contributed by atoms with Crippen molar-refractivity contribution in [1.82, 2.24) is 0 Å². The van der Waals surface area contributed by atoms with Gasteiger partial charge in [-0.2, -0.15) is 0 Å². The van der Waals surface area contributed by atoms with Crippen LogP contribution in [0.4, 0.5) is 10.1 Å². The highest BCUT2D eigenvalue weighted by Gasteiger charge is 2.37. The van der Waals surface area contributed by atoms with Crippen LogP contribution < -0.4 is 5.32 Å². The van der Waals surface area contributed by atoms with Crippen LogP contribution >= 0.6 is 23.4 Å². The standard InChI is InChI=1S/C22H21ClFN3OS/c23-16-6-4-15(5-7-16)20-21(27-22(26-20)12-2-1-3-13-22)29-14-19(28)25-18-10-8-17(24)9-11-18/h4-11H,1-3,12-14H2,(H,25,28). The molecule has 150 valence electrons. The van der Waals surface area contributed by atoms with Crippen molar-refractivity contribution >= 4 is 45.7 Å². The predicted molar refractivity (Wildman–Crippen MR) is 119 cm³/mol. The zero-order valence-electron chi connectivity index (χ0n) is 15.8. The number of carbonyl (C=O) groups excluding carboxylic acids is 1. The lowest BCUT2D eigenvalue weighted by Gasteiger charge is -2.27. The summed E-state index contributed by atoms with van der Waals surface area (Å²) >= 11 is 7.42. The van der Waals surface area contributed by atoms with Crippen molar-refractivity contribution in [3.05, 3.63) is 64.9 Å². The van der Waals surface area contributed by atoms with Gasteiger partial charge in [-0.25, -0.2) is 9.38 Å². The van der Waals surface area contributed by atoms with Crippen LogP contribution in [0.15, 0.2) is 58.5 Å². The molecule has 0 aromatic heterocycles. The Hall–Kier alpha value is -2.18. The highest BCUT2D eigenvalue weighted by Crippen LogP contribution is 2.38.